The second-order valence-corrected chi connectivity index (χ2v) is 14.4. The molecule has 0 aromatic carbocycles. The molecule has 5 rings (SSSR count). The fourth-order valence-electron chi connectivity index (χ4n) is 9.52. The molecule has 202 valence electrons. The third-order valence-corrected chi connectivity index (χ3v) is 12.4. The number of carbonyl (C=O) groups is 3. The zero-order valence-electron chi connectivity index (χ0n) is 24.3. The van der Waals surface area contributed by atoms with Gasteiger partial charge in [0.25, 0.3) is 0 Å². The molecule has 0 radical (unpaired) electrons. The number of Topliss-reactive ketones (excluding diaryl/α,β-unsaturated/α-hetero) is 1. The SMILES string of the molecule is CO[C@]1(C)C(=O)C(=O)C=C2C1=CC=C1[C@@]2(C)CC[C@@]2(C)[C@@H]3C[C@](C)(C(=O)N(C)C)CC[C@]3(C)CC[C@]12C. The normalized spacial score (nSPS) is 46.9. The fraction of sp³-hybridized carbons (Fsp3) is 0.719. The lowest BCUT2D eigenvalue weighted by atomic mass is 9.34. The summed E-state index contributed by atoms with van der Waals surface area (Å²) in [5.74, 6) is -0.258. The van der Waals surface area contributed by atoms with E-state index in [4.69, 9.17) is 4.74 Å². The van der Waals surface area contributed by atoms with Crippen LogP contribution in [0.5, 0.6) is 0 Å². The van der Waals surface area contributed by atoms with Crippen molar-refractivity contribution in [1.82, 2.24) is 4.90 Å². The second kappa shape index (κ2) is 7.77. The highest BCUT2D eigenvalue weighted by atomic mass is 16.5. The molecule has 5 aliphatic rings. The van der Waals surface area contributed by atoms with Gasteiger partial charge in [0.15, 0.2) is 5.60 Å². The van der Waals surface area contributed by atoms with E-state index in [9.17, 15) is 14.4 Å². The lowest BCUT2D eigenvalue weighted by Gasteiger charge is -2.70. The van der Waals surface area contributed by atoms with Gasteiger partial charge in [-0.2, -0.15) is 0 Å². The number of amides is 1. The average Bonchev–Trinajstić information content (AvgIpc) is 2.85. The summed E-state index contributed by atoms with van der Waals surface area (Å²) in [5, 5.41) is 0. The molecule has 7 atom stereocenters. The third kappa shape index (κ3) is 3.16. The van der Waals surface area contributed by atoms with Crippen LogP contribution in [-0.4, -0.2) is 49.2 Å². The fourth-order valence-corrected chi connectivity index (χ4v) is 9.52. The van der Waals surface area contributed by atoms with Crippen LogP contribution in [0.15, 0.2) is 34.9 Å². The second-order valence-electron chi connectivity index (χ2n) is 14.4. The Labute approximate surface area is 222 Å². The quantitative estimate of drug-likeness (QED) is 0.440. The molecule has 0 unspecified atom stereocenters. The molecule has 0 bridgehead atoms. The molecule has 3 fully saturated rings. The van der Waals surface area contributed by atoms with E-state index in [-0.39, 0.29) is 33.0 Å². The molecule has 0 aromatic rings. The maximum atomic E-state index is 13.4. The summed E-state index contributed by atoms with van der Waals surface area (Å²) >= 11 is 0. The first-order valence-electron chi connectivity index (χ1n) is 14.0. The van der Waals surface area contributed by atoms with E-state index in [1.165, 1.54) is 12.7 Å². The maximum absolute atomic E-state index is 13.4. The number of rotatable bonds is 2. The molecular weight excluding hydrogens is 462 g/mol. The van der Waals surface area contributed by atoms with Crippen LogP contribution >= 0.6 is 0 Å². The number of ether oxygens (including phenoxy) is 1. The van der Waals surface area contributed by atoms with Gasteiger partial charge < -0.3 is 9.64 Å². The van der Waals surface area contributed by atoms with E-state index in [1.807, 2.05) is 14.1 Å². The van der Waals surface area contributed by atoms with Crippen LogP contribution in [0.3, 0.4) is 0 Å². The minimum atomic E-state index is -1.24. The van der Waals surface area contributed by atoms with E-state index in [0.717, 1.165) is 56.1 Å². The highest BCUT2D eigenvalue weighted by molar-refractivity contribution is 6.46. The van der Waals surface area contributed by atoms with Gasteiger partial charge in [0.2, 0.25) is 17.5 Å². The van der Waals surface area contributed by atoms with Crippen LogP contribution in [0.25, 0.3) is 0 Å². The highest BCUT2D eigenvalue weighted by Gasteiger charge is 2.68. The van der Waals surface area contributed by atoms with Crippen molar-refractivity contribution in [1.29, 1.82) is 0 Å². The van der Waals surface area contributed by atoms with Gasteiger partial charge >= 0.3 is 0 Å². The molecule has 5 heteroatoms. The van der Waals surface area contributed by atoms with Crippen molar-refractivity contribution in [2.75, 3.05) is 21.2 Å². The van der Waals surface area contributed by atoms with Crippen molar-refractivity contribution in [3.05, 3.63) is 34.9 Å². The molecule has 0 aliphatic heterocycles. The molecule has 0 spiro atoms. The minimum Gasteiger partial charge on any atom is -0.365 e. The van der Waals surface area contributed by atoms with Gasteiger partial charge in [0.1, 0.15) is 0 Å². The van der Waals surface area contributed by atoms with Crippen molar-refractivity contribution in [2.24, 2.45) is 33.0 Å². The summed E-state index contributed by atoms with van der Waals surface area (Å²) in [4.78, 5) is 40.9. The van der Waals surface area contributed by atoms with Gasteiger partial charge in [-0.3, -0.25) is 14.4 Å². The summed E-state index contributed by atoms with van der Waals surface area (Å²) in [5.41, 5.74) is 1.49. The highest BCUT2D eigenvalue weighted by Crippen LogP contribution is 2.75. The zero-order chi connectivity index (χ0) is 27.4. The third-order valence-electron chi connectivity index (χ3n) is 12.4. The monoisotopic (exact) mass is 507 g/mol. The number of ketones is 2. The number of fused-ring (bicyclic) bond motifs is 7. The molecule has 5 aliphatic carbocycles. The van der Waals surface area contributed by atoms with Crippen molar-refractivity contribution in [2.45, 2.75) is 92.1 Å². The van der Waals surface area contributed by atoms with Gasteiger partial charge in [-0.15, -0.1) is 0 Å². The predicted octanol–water partition coefficient (Wildman–Crippen LogP) is 5.84. The van der Waals surface area contributed by atoms with E-state index >= 15 is 0 Å². The number of hydrogen-bond donors (Lipinski definition) is 0. The lowest BCUT2D eigenvalue weighted by Crippen LogP contribution is -2.63. The molecule has 0 aromatic heterocycles. The first-order valence-corrected chi connectivity index (χ1v) is 14.0. The van der Waals surface area contributed by atoms with Crippen LogP contribution in [-0.2, 0) is 19.1 Å². The number of nitrogens with zero attached hydrogens (tertiary/aromatic N) is 1. The van der Waals surface area contributed by atoms with Gasteiger partial charge in [-0.05, 0) is 91.3 Å². The van der Waals surface area contributed by atoms with Gasteiger partial charge in [0.05, 0.1) is 0 Å². The molecule has 0 heterocycles. The standard InChI is InChI=1S/C32H45NO4/c1-27-12-13-28(2,26(36)33(7)8)19-24(27)31(5)17-15-29(3)21-18-22(34)25(35)32(6,37-9)20(21)10-11-23(29)30(31,4)16-14-27/h10-11,18,24H,12-17,19H2,1-9H3/t24-,27-,28-,29+,30-,31+,32+/m1/s1. The molecule has 0 saturated heterocycles. The van der Waals surface area contributed by atoms with Crippen LogP contribution in [0.1, 0.15) is 86.5 Å². The number of carbonyl (C=O) groups excluding carboxylic acids is 3. The van der Waals surface area contributed by atoms with Crippen LogP contribution in [0.2, 0.25) is 0 Å². The first kappa shape index (κ1) is 26.6. The Kier molecular flexibility index (Phi) is 5.59. The smallest absolute Gasteiger partial charge is 0.238 e. The Hall–Kier alpha value is -2.01. The Morgan fingerprint density at radius 2 is 1.54 bits per heavy atom. The maximum Gasteiger partial charge on any atom is 0.238 e. The van der Waals surface area contributed by atoms with Crippen molar-refractivity contribution in [3.63, 3.8) is 0 Å². The molecule has 3 saturated carbocycles. The number of allylic oxidation sites excluding steroid dienone is 4. The van der Waals surface area contributed by atoms with Gasteiger partial charge in [-0.25, -0.2) is 0 Å². The van der Waals surface area contributed by atoms with Crippen molar-refractivity contribution >= 4 is 17.5 Å². The molecule has 0 N–H and O–H groups in total. The Bertz CT molecular complexity index is 1190. The summed E-state index contributed by atoms with van der Waals surface area (Å²) in [6.07, 6.45) is 13.1. The number of hydrogen-bond acceptors (Lipinski definition) is 4. The summed E-state index contributed by atoms with van der Waals surface area (Å²) in [7, 11) is 5.29. The average molecular weight is 508 g/mol. The van der Waals surface area contributed by atoms with Gasteiger partial charge in [-0.1, -0.05) is 52.3 Å². The Morgan fingerprint density at radius 3 is 2.16 bits per heavy atom. The van der Waals surface area contributed by atoms with Crippen LogP contribution in [0, 0.1) is 33.0 Å². The number of methoxy groups -OCH3 is 1. The summed E-state index contributed by atoms with van der Waals surface area (Å²) < 4.78 is 5.71. The Morgan fingerprint density at radius 1 is 0.892 bits per heavy atom. The summed E-state index contributed by atoms with van der Waals surface area (Å²) in [6, 6.07) is 0. The van der Waals surface area contributed by atoms with E-state index in [2.05, 4.69) is 46.8 Å². The summed E-state index contributed by atoms with van der Waals surface area (Å²) in [6.45, 7) is 13.6. The molecule has 5 nitrogen and oxygen atoms in total. The molecular formula is C32H45NO4. The van der Waals surface area contributed by atoms with Crippen molar-refractivity contribution in [3.8, 4) is 0 Å². The van der Waals surface area contributed by atoms with E-state index in [1.54, 1.807) is 17.9 Å². The Balaban J connectivity index is 1.63. The van der Waals surface area contributed by atoms with E-state index < -0.39 is 17.2 Å². The largest absolute Gasteiger partial charge is 0.365 e. The zero-order valence-corrected chi connectivity index (χ0v) is 24.3. The lowest BCUT2D eigenvalue weighted by molar-refractivity contribution is -0.173. The van der Waals surface area contributed by atoms with Gasteiger partial charge in [0, 0.05) is 32.0 Å². The van der Waals surface area contributed by atoms with Crippen LogP contribution < -0.4 is 0 Å². The first-order chi connectivity index (χ1) is 17.0. The van der Waals surface area contributed by atoms with Crippen molar-refractivity contribution < 1.29 is 19.1 Å². The molecule has 37 heavy (non-hydrogen) atoms. The van der Waals surface area contributed by atoms with Crippen LogP contribution in [0.4, 0.5) is 0 Å². The minimum absolute atomic E-state index is 0.0323. The topological polar surface area (TPSA) is 63.7 Å². The van der Waals surface area contributed by atoms with E-state index in [0.29, 0.717) is 5.92 Å². The predicted molar refractivity (Wildman–Crippen MR) is 145 cm³/mol. The molecule has 1 amide bonds.